The molecule has 0 bridgehead atoms. The lowest BCUT2D eigenvalue weighted by molar-refractivity contribution is -0.141. The van der Waals surface area contributed by atoms with Crippen molar-refractivity contribution < 1.29 is 9.59 Å². The third-order valence-corrected chi connectivity index (χ3v) is 5.28. The first kappa shape index (κ1) is 22.3. The molecule has 2 aromatic carbocycles. The summed E-state index contributed by atoms with van der Waals surface area (Å²) in [5, 5.41) is 3.73. The smallest absolute Gasteiger partial charge is 0.242 e. The number of hydrogen-bond donors (Lipinski definition) is 1. The Hall–Kier alpha value is -2.04. The summed E-state index contributed by atoms with van der Waals surface area (Å²) in [6, 6.07) is 14.6. The minimum Gasteiger partial charge on any atom is -0.355 e. The van der Waals surface area contributed by atoms with Crippen LogP contribution in [0.2, 0.25) is 10.0 Å². The minimum absolute atomic E-state index is 0.0620. The zero-order valence-electron chi connectivity index (χ0n) is 16.3. The Kier molecular flexibility index (Phi) is 8.81. The van der Waals surface area contributed by atoms with Gasteiger partial charge in [0.25, 0.3) is 0 Å². The summed E-state index contributed by atoms with van der Waals surface area (Å²) in [4.78, 5) is 27.3. The van der Waals surface area contributed by atoms with Crippen LogP contribution < -0.4 is 5.32 Å². The Bertz CT molecular complexity index is 796. The first-order valence-corrected chi connectivity index (χ1v) is 10.3. The molecule has 2 rings (SSSR count). The third-order valence-electron chi connectivity index (χ3n) is 4.54. The van der Waals surface area contributed by atoms with E-state index in [2.05, 4.69) is 5.32 Å². The molecule has 0 aliphatic rings. The van der Waals surface area contributed by atoms with Crippen LogP contribution in [0.1, 0.15) is 37.8 Å². The van der Waals surface area contributed by atoms with E-state index in [1.807, 2.05) is 50.2 Å². The molecule has 0 saturated carbocycles. The minimum atomic E-state index is -0.530. The maximum Gasteiger partial charge on any atom is 0.242 e. The van der Waals surface area contributed by atoms with Crippen molar-refractivity contribution in [3.8, 4) is 0 Å². The van der Waals surface area contributed by atoms with Gasteiger partial charge in [-0.05, 0) is 43.0 Å². The number of likely N-dealkylation sites (N-methyl/N-ethyl adjacent to an activating group) is 1. The summed E-state index contributed by atoms with van der Waals surface area (Å²) in [6.45, 7) is 4.60. The second-order valence-corrected chi connectivity index (χ2v) is 7.39. The Morgan fingerprint density at radius 2 is 1.71 bits per heavy atom. The molecule has 4 nitrogen and oxygen atoms in total. The van der Waals surface area contributed by atoms with E-state index in [0.717, 1.165) is 11.1 Å². The second-order valence-electron chi connectivity index (χ2n) is 6.57. The fourth-order valence-corrected chi connectivity index (χ4v) is 3.41. The van der Waals surface area contributed by atoms with Crippen molar-refractivity contribution in [2.75, 3.05) is 6.54 Å². The van der Waals surface area contributed by atoms with Crippen molar-refractivity contribution in [3.05, 3.63) is 69.7 Å². The topological polar surface area (TPSA) is 49.4 Å². The zero-order chi connectivity index (χ0) is 20.5. The molecule has 6 heteroatoms. The lowest BCUT2D eigenvalue weighted by Gasteiger charge is -2.30. The normalized spacial score (nSPS) is 11.7. The van der Waals surface area contributed by atoms with Crippen molar-refractivity contribution in [1.29, 1.82) is 0 Å². The molecule has 2 aromatic rings. The van der Waals surface area contributed by atoms with Crippen LogP contribution >= 0.6 is 23.2 Å². The molecule has 1 N–H and O–H groups in total. The fraction of sp³-hybridized carbons (Fsp3) is 0.364. The molecule has 150 valence electrons. The lowest BCUT2D eigenvalue weighted by Crippen LogP contribution is -2.49. The number of amides is 2. The van der Waals surface area contributed by atoms with Gasteiger partial charge in [0.1, 0.15) is 6.04 Å². The summed E-state index contributed by atoms with van der Waals surface area (Å²) in [5.41, 5.74) is 1.93. The third kappa shape index (κ3) is 6.25. The average molecular weight is 421 g/mol. The van der Waals surface area contributed by atoms with Crippen LogP contribution in [0.3, 0.4) is 0 Å². The zero-order valence-corrected chi connectivity index (χ0v) is 17.8. The van der Waals surface area contributed by atoms with Gasteiger partial charge in [-0.2, -0.15) is 0 Å². The summed E-state index contributed by atoms with van der Waals surface area (Å²) < 4.78 is 0. The Morgan fingerprint density at radius 3 is 2.32 bits per heavy atom. The van der Waals surface area contributed by atoms with Gasteiger partial charge >= 0.3 is 0 Å². The van der Waals surface area contributed by atoms with Gasteiger partial charge in [-0.15, -0.1) is 0 Å². The number of carbonyl (C=O) groups is 2. The monoisotopic (exact) mass is 420 g/mol. The molecule has 0 heterocycles. The number of nitrogens with zero attached hydrogens (tertiary/aromatic N) is 1. The van der Waals surface area contributed by atoms with Crippen LogP contribution in [0.25, 0.3) is 0 Å². The Balaban J connectivity index is 2.21. The highest BCUT2D eigenvalue weighted by atomic mass is 35.5. The van der Waals surface area contributed by atoms with Gasteiger partial charge in [-0.25, -0.2) is 0 Å². The van der Waals surface area contributed by atoms with Gasteiger partial charge in [0, 0.05) is 19.5 Å². The quantitative estimate of drug-likeness (QED) is 0.628. The van der Waals surface area contributed by atoms with Crippen molar-refractivity contribution in [3.63, 3.8) is 0 Å². The van der Waals surface area contributed by atoms with Gasteiger partial charge in [0.05, 0.1) is 10.0 Å². The van der Waals surface area contributed by atoms with E-state index in [1.165, 1.54) is 0 Å². The highest BCUT2D eigenvalue weighted by molar-refractivity contribution is 6.42. The highest BCUT2D eigenvalue weighted by Crippen LogP contribution is 2.24. The number of hydrogen-bond acceptors (Lipinski definition) is 2. The largest absolute Gasteiger partial charge is 0.355 e. The first-order chi connectivity index (χ1) is 13.5. The molecule has 0 aliphatic carbocycles. The molecule has 2 amide bonds. The van der Waals surface area contributed by atoms with E-state index in [9.17, 15) is 9.59 Å². The maximum absolute atomic E-state index is 13.1. The predicted octanol–water partition coefficient (Wildman–Crippen LogP) is 4.87. The van der Waals surface area contributed by atoms with Crippen LogP contribution in [-0.4, -0.2) is 29.3 Å². The Labute approximate surface area is 176 Å². The summed E-state index contributed by atoms with van der Waals surface area (Å²) in [5.74, 6) is -0.203. The standard InChI is InChI=1S/C22H26Cl2N2O2/c1-3-20(22(28)25-4-2)26(15-17-10-12-18(23)19(24)14-17)21(27)13-11-16-8-6-5-7-9-16/h5-10,12,14,20H,3-4,11,13,15H2,1-2H3,(H,25,28)/t20-/m1/s1. The lowest BCUT2D eigenvalue weighted by atomic mass is 10.1. The van der Waals surface area contributed by atoms with Crippen LogP contribution in [0.5, 0.6) is 0 Å². The highest BCUT2D eigenvalue weighted by Gasteiger charge is 2.28. The van der Waals surface area contributed by atoms with Gasteiger partial charge in [0.2, 0.25) is 11.8 Å². The molecule has 0 fully saturated rings. The van der Waals surface area contributed by atoms with E-state index in [4.69, 9.17) is 23.2 Å². The van der Waals surface area contributed by atoms with Crippen molar-refractivity contribution in [2.45, 2.75) is 45.7 Å². The fourth-order valence-electron chi connectivity index (χ4n) is 3.09. The van der Waals surface area contributed by atoms with Crippen LogP contribution in [0, 0.1) is 0 Å². The number of carbonyl (C=O) groups excluding carboxylic acids is 2. The molecule has 0 radical (unpaired) electrons. The number of benzene rings is 2. The van der Waals surface area contributed by atoms with Crippen LogP contribution in [-0.2, 0) is 22.6 Å². The molecule has 0 aromatic heterocycles. The summed E-state index contributed by atoms with van der Waals surface area (Å²) in [7, 11) is 0. The van der Waals surface area contributed by atoms with Crippen molar-refractivity contribution in [1.82, 2.24) is 10.2 Å². The number of nitrogens with one attached hydrogen (secondary N) is 1. The van der Waals surface area contributed by atoms with Gasteiger partial charge in [0.15, 0.2) is 0 Å². The molecule has 28 heavy (non-hydrogen) atoms. The molecule has 0 unspecified atom stereocenters. The van der Waals surface area contributed by atoms with E-state index in [1.54, 1.807) is 17.0 Å². The van der Waals surface area contributed by atoms with Gasteiger partial charge in [-0.3, -0.25) is 9.59 Å². The number of halogens is 2. The molecule has 0 saturated heterocycles. The molecule has 0 aliphatic heterocycles. The van der Waals surface area contributed by atoms with E-state index >= 15 is 0 Å². The number of rotatable bonds is 9. The van der Waals surface area contributed by atoms with Crippen molar-refractivity contribution >= 4 is 35.0 Å². The SMILES string of the molecule is CCNC(=O)[C@@H](CC)N(Cc1ccc(Cl)c(Cl)c1)C(=O)CCc1ccccc1. The summed E-state index contributed by atoms with van der Waals surface area (Å²) in [6.07, 6.45) is 1.49. The molecule has 1 atom stereocenters. The molecular weight excluding hydrogens is 395 g/mol. The van der Waals surface area contributed by atoms with E-state index in [0.29, 0.717) is 42.4 Å². The second kappa shape index (κ2) is 11.1. The predicted molar refractivity (Wildman–Crippen MR) is 115 cm³/mol. The average Bonchev–Trinajstić information content (AvgIpc) is 2.69. The first-order valence-electron chi connectivity index (χ1n) is 9.51. The maximum atomic E-state index is 13.1. The van der Waals surface area contributed by atoms with Crippen molar-refractivity contribution in [2.24, 2.45) is 0 Å². The van der Waals surface area contributed by atoms with Gasteiger partial charge < -0.3 is 10.2 Å². The molecule has 0 spiro atoms. The van der Waals surface area contributed by atoms with Gasteiger partial charge in [-0.1, -0.05) is 66.5 Å². The van der Waals surface area contributed by atoms with E-state index in [-0.39, 0.29) is 11.8 Å². The number of aryl methyl sites for hydroxylation is 1. The molecular formula is C22H26Cl2N2O2. The van der Waals surface area contributed by atoms with Crippen LogP contribution in [0.15, 0.2) is 48.5 Å². The summed E-state index contributed by atoms with van der Waals surface area (Å²) >= 11 is 12.1. The van der Waals surface area contributed by atoms with E-state index < -0.39 is 6.04 Å². The Morgan fingerprint density at radius 1 is 1.00 bits per heavy atom. The van der Waals surface area contributed by atoms with Crippen LogP contribution in [0.4, 0.5) is 0 Å².